The number of benzene rings is 4. The number of nitrogens with zero attached hydrogens (tertiary/aromatic N) is 1. The van der Waals surface area contributed by atoms with E-state index in [0.29, 0.717) is 22.3 Å². The number of ketones is 2. The molecule has 3 heteroatoms. The number of para-hydroxylation sites is 1. The number of carbonyl (C=O) groups is 2. The molecule has 142 valence electrons. The van der Waals surface area contributed by atoms with Gasteiger partial charge in [0.15, 0.2) is 11.6 Å². The van der Waals surface area contributed by atoms with Crippen LogP contribution in [0.4, 0.5) is 0 Å². The van der Waals surface area contributed by atoms with Crippen LogP contribution in [-0.4, -0.2) is 16.1 Å². The van der Waals surface area contributed by atoms with Crippen molar-refractivity contribution in [2.45, 2.75) is 0 Å². The highest BCUT2D eigenvalue weighted by Crippen LogP contribution is 2.42. The van der Waals surface area contributed by atoms with Gasteiger partial charge in [-0.1, -0.05) is 72.8 Å². The van der Waals surface area contributed by atoms with Crippen LogP contribution in [0.3, 0.4) is 0 Å². The summed E-state index contributed by atoms with van der Waals surface area (Å²) in [5.41, 5.74) is 5.97. The van der Waals surface area contributed by atoms with Gasteiger partial charge in [-0.05, 0) is 17.7 Å². The van der Waals surface area contributed by atoms with E-state index in [1.54, 1.807) is 12.1 Å². The maximum absolute atomic E-state index is 13.6. The first-order valence-corrected chi connectivity index (χ1v) is 9.95. The summed E-state index contributed by atoms with van der Waals surface area (Å²) in [6, 6.07) is 27.1. The number of hydrogen-bond acceptors (Lipinski definition) is 2. The van der Waals surface area contributed by atoms with Crippen molar-refractivity contribution in [3.05, 3.63) is 107 Å². The summed E-state index contributed by atoms with van der Waals surface area (Å²) in [6.07, 6.45) is 0. The Morgan fingerprint density at radius 1 is 0.633 bits per heavy atom. The van der Waals surface area contributed by atoms with Gasteiger partial charge in [0.1, 0.15) is 0 Å². The van der Waals surface area contributed by atoms with Crippen molar-refractivity contribution in [2.75, 3.05) is 0 Å². The zero-order chi connectivity index (χ0) is 20.4. The standard InChI is InChI=1S/C27H17NO2/c1-28-22-14-8-7-13-19(22)23-24-21(15-20(25(23)28)16-9-3-2-4-10-16)26(29)17-11-5-6-12-18(17)27(24)30/h2-15H,1H3. The van der Waals surface area contributed by atoms with Gasteiger partial charge >= 0.3 is 0 Å². The van der Waals surface area contributed by atoms with E-state index in [1.165, 1.54) is 0 Å². The highest BCUT2D eigenvalue weighted by atomic mass is 16.1. The number of hydrogen-bond donors (Lipinski definition) is 0. The lowest BCUT2D eigenvalue weighted by Crippen LogP contribution is -2.21. The minimum absolute atomic E-state index is 0.0823. The van der Waals surface area contributed by atoms with Gasteiger partial charge in [0.05, 0.1) is 5.52 Å². The quantitative estimate of drug-likeness (QED) is 0.359. The second-order valence-electron chi connectivity index (χ2n) is 7.72. The minimum Gasteiger partial charge on any atom is -0.343 e. The lowest BCUT2D eigenvalue weighted by atomic mass is 9.80. The lowest BCUT2D eigenvalue weighted by Gasteiger charge is -2.20. The van der Waals surface area contributed by atoms with E-state index in [4.69, 9.17) is 0 Å². The molecule has 0 N–H and O–H groups in total. The average molecular weight is 387 g/mol. The molecule has 1 aromatic heterocycles. The molecule has 0 fully saturated rings. The van der Waals surface area contributed by atoms with Crippen LogP contribution in [0.1, 0.15) is 31.8 Å². The van der Waals surface area contributed by atoms with E-state index in [1.807, 2.05) is 73.8 Å². The normalized spacial score (nSPS) is 13.0. The fourth-order valence-corrected chi connectivity index (χ4v) is 4.79. The van der Waals surface area contributed by atoms with E-state index in [0.717, 1.165) is 32.9 Å². The van der Waals surface area contributed by atoms with Gasteiger partial charge in [0, 0.05) is 51.2 Å². The maximum Gasteiger partial charge on any atom is 0.195 e. The molecule has 1 aliphatic rings. The van der Waals surface area contributed by atoms with Gasteiger partial charge in [-0.15, -0.1) is 0 Å². The Hall–Kier alpha value is -3.98. The van der Waals surface area contributed by atoms with Gasteiger partial charge in [-0.2, -0.15) is 0 Å². The van der Waals surface area contributed by atoms with Crippen molar-refractivity contribution in [1.82, 2.24) is 4.57 Å². The van der Waals surface area contributed by atoms with Crippen molar-refractivity contribution in [3.63, 3.8) is 0 Å². The molecule has 1 aliphatic carbocycles. The minimum atomic E-state index is -0.0905. The van der Waals surface area contributed by atoms with Crippen LogP contribution < -0.4 is 0 Å². The molecule has 0 saturated carbocycles. The molecule has 0 amide bonds. The Bertz CT molecular complexity index is 1520. The highest BCUT2D eigenvalue weighted by Gasteiger charge is 2.33. The molecular formula is C27H17NO2. The summed E-state index contributed by atoms with van der Waals surface area (Å²) in [5, 5.41) is 1.85. The fourth-order valence-electron chi connectivity index (χ4n) is 4.79. The molecule has 4 aromatic carbocycles. The van der Waals surface area contributed by atoms with Crippen LogP contribution in [0.5, 0.6) is 0 Å². The number of aromatic nitrogens is 1. The van der Waals surface area contributed by atoms with Gasteiger partial charge in [0.2, 0.25) is 0 Å². The molecular weight excluding hydrogens is 370 g/mol. The van der Waals surface area contributed by atoms with Crippen LogP contribution in [-0.2, 0) is 7.05 Å². The Kier molecular flexibility index (Phi) is 3.39. The van der Waals surface area contributed by atoms with Gasteiger partial charge < -0.3 is 4.57 Å². The topological polar surface area (TPSA) is 39.1 Å². The summed E-state index contributed by atoms with van der Waals surface area (Å²) in [6.45, 7) is 0. The summed E-state index contributed by atoms with van der Waals surface area (Å²) < 4.78 is 2.13. The first-order valence-electron chi connectivity index (χ1n) is 9.95. The second-order valence-corrected chi connectivity index (χ2v) is 7.72. The third kappa shape index (κ3) is 2.09. The van der Waals surface area contributed by atoms with E-state index in [2.05, 4.69) is 10.6 Å². The number of fused-ring (bicyclic) bond motifs is 6. The Balaban J connectivity index is 1.85. The largest absolute Gasteiger partial charge is 0.343 e. The number of rotatable bonds is 1. The molecule has 6 rings (SSSR count). The molecule has 0 bridgehead atoms. The molecule has 0 aliphatic heterocycles. The second kappa shape index (κ2) is 6.01. The Morgan fingerprint density at radius 3 is 2.03 bits per heavy atom. The predicted molar refractivity (Wildman–Crippen MR) is 119 cm³/mol. The van der Waals surface area contributed by atoms with Crippen LogP contribution in [0.25, 0.3) is 32.9 Å². The SMILES string of the molecule is Cn1c2ccccc2c2c3c(cc(-c4ccccc4)c21)C(=O)c1ccccc1C3=O. The monoisotopic (exact) mass is 387 g/mol. The zero-order valence-electron chi connectivity index (χ0n) is 16.3. The van der Waals surface area contributed by atoms with E-state index in [9.17, 15) is 9.59 Å². The molecule has 0 spiro atoms. The van der Waals surface area contributed by atoms with Crippen molar-refractivity contribution in [3.8, 4) is 11.1 Å². The molecule has 0 atom stereocenters. The van der Waals surface area contributed by atoms with E-state index in [-0.39, 0.29) is 11.6 Å². The van der Waals surface area contributed by atoms with E-state index < -0.39 is 0 Å². The molecule has 5 aromatic rings. The van der Waals surface area contributed by atoms with Crippen LogP contribution >= 0.6 is 0 Å². The summed E-state index contributed by atoms with van der Waals surface area (Å²) in [7, 11) is 2.02. The van der Waals surface area contributed by atoms with Crippen LogP contribution in [0.15, 0.2) is 84.9 Å². The Morgan fingerprint density at radius 2 is 1.27 bits per heavy atom. The van der Waals surface area contributed by atoms with Gasteiger partial charge in [-0.3, -0.25) is 9.59 Å². The number of carbonyl (C=O) groups excluding carboxylic acids is 2. The van der Waals surface area contributed by atoms with Crippen LogP contribution in [0.2, 0.25) is 0 Å². The number of aryl methyl sites for hydroxylation is 1. The average Bonchev–Trinajstić information content (AvgIpc) is 3.10. The van der Waals surface area contributed by atoms with Gasteiger partial charge in [0.25, 0.3) is 0 Å². The van der Waals surface area contributed by atoms with Crippen molar-refractivity contribution in [1.29, 1.82) is 0 Å². The highest BCUT2D eigenvalue weighted by molar-refractivity contribution is 6.35. The van der Waals surface area contributed by atoms with Gasteiger partial charge in [-0.25, -0.2) is 0 Å². The summed E-state index contributed by atoms with van der Waals surface area (Å²) >= 11 is 0. The molecule has 0 radical (unpaired) electrons. The summed E-state index contributed by atoms with van der Waals surface area (Å²) in [5.74, 6) is -0.173. The van der Waals surface area contributed by atoms with Crippen molar-refractivity contribution < 1.29 is 9.59 Å². The summed E-state index contributed by atoms with van der Waals surface area (Å²) in [4.78, 5) is 27.1. The maximum atomic E-state index is 13.6. The predicted octanol–water partition coefficient (Wildman–Crippen LogP) is 5.77. The van der Waals surface area contributed by atoms with Crippen molar-refractivity contribution >= 4 is 33.4 Å². The van der Waals surface area contributed by atoms with Crippen molar-refractivity contribution in [2.24, 2.45) is 7.05 Å². The molecule has 1 heterocycles. The first-order chi connectivity index (χ1) is 14.7. The molecule has 0 saturated heterocycles. The molecule has 3 nitrogen and oxygen atoms in total. The smallest absolute Gasteiger partial charge is 0.195 e. The Labute approximate surface area is 173 Å². The lowest BCUT2D eigenvalue weighted by molar-refractivity contribution is 0.0980. The van der Waals surface area contributed by atoms with E-state index >= 15 is 0 Å². The van der Waals surface area contributed by atoms with Crippen LogP contribution in [0, 0.1) is 0 Å². The third-order valence-electron chi connectivity index (χ3n) is 6.14. The molecule has 0 unspecified atom stereocenters. The first kappa shape index (κ1) is 16.9. The molecule has 30 heavy (non-hydrogen) atoms. The fraction of sp³-hybridized carbons (Fsp3) is 0.0370. The zero-order valence-corrected chi connectivity index (χ0v) is 16.3. The third-order valence-corrected chi connectivity index (χ3v) is 6.14.